The van der Waals surface area contributed by atoms with Crippen LogP contribution in [0, 0.1) is 0 Å². The SMILES string of the molecule is CCC1CN(c2c(C(=O)O)nnc3ccccc23)CCO1. The predicted octanol–water partition coefficient (Wildman–Crippen LogP) is 1.94. The molecule has 0 saturated carbocycles. The van der Waals surface area contributed by atoms with Gasteiger partial charge in [0.05, 0.1) is 23.9 Å². The highest BCUT2D eigenvalue weighted by atomic mass is 16.5. The zero-order valence-corrected chi connectivity index (χ0v) is 11.8. The zero-order chi connectivity index (χ0) is 14.8. The van der Waals surface area contributed by atoms with Crippen molar-refractivity contribution >= 4 is 22.6 Å². The number of ether oxygens (including phenoxy) is 1. The van der Waals surface area contributed by atoms with Gasteiger partial charge in [-0.3, -0.25) is 0 Å². The summed E-state index contributed by atoms with van der Waals surface area (Å²) >= 11 is 0. The van der Waals surface area contributed by atoms with E-state index in [1.54, 1.807) is 0 Å². The number of rotatable bonds is 3. The molecule has 1 aromatic carbocycles. The van der Waals surface area contributed by atoms with E-state index in [0.717, 1.165) is 11.8 Å². The number of carboxylic acids is 1. The molecule has 6 heteroatoms. The second-order valence-corrected chi connectivity index (χ2v) is 5.07. The molecule has 2 heterocycles. The van der Waals surface area contributed by atoms with Gasteiger partial charge in [-0.05, 0) is 12.5 Å². The molecule has 6 nitrogen and oxygen atoms in total. The van der Waals surface area contributed by atoms with Crippen LogP contribution in [-0.4, -0.2) is 47.1 Å². The van der Waals surface area contributed by atoms with Crippen molar-refractivity contribution < 1.29 is 14.6 Å². The zero-order valence-electron chi connectivity index (χ0n) is 11.8. The monoisotopic (exact) mass is 287 g/mol. The second-order valence-electron chi connectivity index (χ2n) is 5.07. The largest absolute Gasteiger partial charge is 0.476 e. The lowest BCUT2D eigenvalue weighted by Gasteiger charge is -2.35. The molecule has 0 radical (unpaired) electrons. The molecule has 21 heavy (non-hydrogen) atoms. The first-order valence-electron chi connectivity index (χ1n) is 7.06. The summed E-state index contributed by atoms with van der Waals surface area (Å²) < 4.78 is 5.67. The van der Waals surface area contributed by atoms with Crippen LogP contribution in [0.3, 0.4) is 0 Å². The van der Waals surface area contributed by atoms with Crippen molar-refractivity contribution in [1.82, 2.24) is 10.2 Å². The Hall–Kier alpha value is -2.21. The lowest BCUT2D eigenvalue weighted by molar-refractivity contribution is 0.0382. The normalized spacial score (nSPS) is 18.9. The Kier molecular flexibility index (Phi) is 3.70. The fraction of sp³-hybridized carbons (Fsp3) is 0.400. The van der Waals surface area contributed by atoms with E-state index < -0.39 is 5.97 Å². The van der Waals surface area contributed by atoms with Crippen LogP contribution in [-0.2, 0) is 4.74 Å². The fourth-order valence-electron chi connectivity index (χ4n) is 2.67. The molecular formula is C15H17N3O3. The van der Waals surface area contributed by atoms with E-state index in [4.69, 9.17) is 4.74 Å². The third-order valence-electron chi connectivity index (χ3n) is 3.75. The molecule has 1 atom stereocenters. The maximum atomic E-state index is 11.5. The van der Waals surface area contributed by atoms with Gasteiger partial charge in [0.2, 0.25) is 0 Å². The average molecular weight is 287 g/mol. The van der Waals surface area contributed by atoms with E-state index in [1.807, 2.05) is 24.3 Å². The van der Waals surface area contributed by atoms with Crippen molar-refractivity contribution in [3.8, 4) is 0 Å². The number of carbonyl (C=O) groups is 1. The highest BCUT2D eigenvalue weighted by molar-refractivity contribution is 6.02. The summed E-state index contributed by atoms with van der Waals surface area (Å²) in [4.78, 5) is 13.6. The number of morpholine rings is 1. The number of aromatic carboxylic acids is 1. The van der Waals surface area contributed by atoms with Crippen molar-refractivity contribution in [3.63, 3.8) is 0 Å². The van der Waals surface area contributed by atoms with Gasteiger partial charge < -0.3 is 14.7 Å². The number of hydrogen-bond donors (Lipinski definition) is 1. The first-order chi connectivity index (χ1) is 10.2. The van der Waals surface area contributed by atoms with Crippen LogP contribution in [0.25, 0.3) is 10.9 Å². The Labute approximate surface area is 122 Å². The molecule has 110 valence electrons. The number of nitrogens with zero attached hydrogens (tertiary/aromatic N) is 3. The van der Waals surface area contributed by atoms with Gasteiger partial charge in [-0.25, -0.2) is 4.79 Å². The van der Waals surface area contributed by atoms with Crippen LogP contribution < -0.4 is 4.90 Å². The molecule has 0 bridgehead atoms. The van der Waals surface area contributed by atoms with E-state index in [0.29, 0.717) is 30.9 Å². The maximum absolute atomic E-state index is 11.5. The summed E-state index contributed by atoms with van der Waals surface area (Å²) in [5.41, 5.74) is 1.36. The van der Waals surface area contributed by atoms with Crippen LogP contribution in [0.2, 0.25) is 0 Å². The lowest BCUT2D eigenvalue weighted by Crippen LogP contribution is -2.43. The van der Waals surface area contributed by atoms with Gasteiger partial charge >= 0.3 is 5.97 Å². The molecule has 0 aliphatic carbocycles. The summed E-state index contributed by atoms with van der Waals surface area (Å²) in [6.45, 7) is 3.99. The average Bonchev–Trinajstić information content (AvgIpc) is 2.53. The molecule has 0 spiro atoms. The molecule has 1 aromatic heterocycles. The Morgan fingerprint density at radius 3 is 3.00 bits per heavy atom. The predicted molar refractivity (Wildman–Crippen MR) is 78.7 cm³/mol. The standard InChI is InChI=1S/C15H17N3O3/c1-2-10-9-18(7-8-21-10)14-11-5-3-4-6-12(11)16-17-13(14)15(19)20/h3-6,10H,2,7-9H2,1H3,(H,19,20). The third kappa shape index (κ3) is 2.54. The minimum Gasteiger partial charge on any atom is -0.476 e. The molecule has 0 amide bonds. The number of carboxylic acid groups (broad SMARTS) is 1. The highest BCUT2D eigenvalue weighted by Crippen LogP contribution is 2.29. The summed E-state index contributed by atoms with van der Waals surface area (Å²) in [7, 11) is 0. The molecule has 2 aromatic rings. The number of fused-ring (bicyclic) bond motifs is 1. The summed E-state index contributed by atoms with van der Waals surface area (Å²) in [6.07, 6.45) is 1.02. The number of hydrogen-bond acceptors (Lipinski definition) is 5. The van der Waals surface area contributed by atoms with Gasteiger partial charge in [-0.2, -0.15) is 0 Å². The minimum absolute atomic E-state index is 0.00505. The molecule has 1 fully saturated rings. The van der Waals surface area contributed by atoms with E-state index in [1.165, 1.54) is 0 Å². The first-order valence-corrected chi connectivity index (χ1v) is 7.06. The van der Waals surface area contributed by atoms with E-state index in [9.17, 15) is 9.90 Å². The summed E-state index contributed by atoms with van der Waals surface area (Å²) in [5.74, 6) is -1.05. The summed E-state index contributed by atoms with van der Waals surface area (Å²) in [5, 5.41) is 18.1. The van der Waals surface area contributed by atoms with Crippen LogP contribution >= 0.6 is 0 Å². The third-order valence-corrected chi connectivity index (χ3v) is 3.75. The van der Waals surface area contributed by atoms with Crippen molar-refractivity contribution in [2.75, 3.05) is 24.6 Å². The van der Waals surface area contributed by atoms with Gasteiger partial charge in [-0.1, -0.05) is 25.1 Å². The molecule has 1 aliphatic heterocycles. The quantitative estimate of drug-likeness (QED) is 0.929. The topological polar surface area (TPSA) is 75.6 Å². The van der Waals surface area contributed by atoms with Gasteiger partial charge in [0.1, 0.15) is 0 Å². The van der Waals surface area contributed by atoms with Crippen molar-refractivity contribution in [1.29, 1.82) is 0 Å². The van der Waals surface area contributed by atoms with Gasteiger partial charge in [0.15, 0.2) is 5.69 Å². The highest BCUT2D eigenvalue weighted by Gasteiger charge is 2.26. The number of aromatic nitrogens is 2. The maximum Gasteiger partial charge on any atom is 0.358 e. The van der Waals surface area contributed by atoms with Crippen LogP contribution in [0.4, 0.5) is 5.69 Å². The van der Waals surface area contributed by atoms with E-state index in [-0.39, 0.29) is 11.8 Å². The minimum atomic E-state index is -1.05. The van der Waals surface area contributed by atoms with Crippen molar-refractivity contribution in [3.05, 3.63) is 30.0 Å². The van der Waals surface area contributed by atoms with Gasteiger partial charge in [0.25, 0.3) is 0 Å². The Morgan fingerprint density at radius 1 is 1.43 bits per heavy atom. The van der Waals surface area contributed by atoms with Crippen LogP contribution in [0.1, 0.15) is 23.8 Å². The van der Waals surface area contributed by atoms with Crippen LogP contribution in [0.5, 0.6) is 0 Å². The van der Waals surface area contributed by atoms with Crippen LogP contribution in [0.15, 0.2) is 24.3 Å². The van der Waals surface area contributed by atoms with Gasteiger partial charge in [0, 0.05) is 18.5 Å². The molecule has 1 saturated heterocycles. The number of benzene rings is 1. The molecule has 1 aliphatic rings. The van der Waals surface area contributed by atoms with Crippen molar-refractivity contribution in [2.24, 2.45) is 0 Å². The Balaban J connectivity index is 2.14. The molecular weight excluding hydrogens is 270 g/mol. The second kappa shape index (κ2) is 5.65. The van der Waals surface area contributed by atoms with Crippen molar-refractivity contribution in [2.45, 2.75) is 19.4 Å². The van der Waals surface area contributed by atoms with E-state index in [2.05, 4.69) is 22.0 Å². The Morgan fingerprint density at radius 2 is 2.24 bits per heavy atom. The molecule has 1 unspecified atom stereocenters. The van der Waals surface area contributed by atoms with Gasteiger partial charge in [-0.15, -0.1) is 10.2 Å². The lowest BCUT2D eigenvalue weighted by atomic mass is 10.1. The number of anilines is 1. The Bertz CT molecular complexity index is 674. The van der Waals surface area contributed by atoms with E-state index >= 15 is 0 Å². The first kappa shape index (κ1) is 13.8. The smallest absolute Gasteiger partial charge is 0.358 e. The fourth-order valence-corrected chi connectivity index (χ4v) is 2.67. The molecule has 3 rings (SSSR count). The summed E-state index contributed by atoms with van der Waals surface area (Å²) in [6, 6.07) is 7.49. The molecule has 1 N–H and O–H groups in total.